The van der Waals surface area contributed by atoms with Crippen molar-refractivity contribution in [2.24, 2.45) is 0 Å². The van der Waals surface area contributed by atoms with Crippen LogP contribution in [0.4, 0.5) is 11.4 Å². The van der Waals surface area contributed by atoms with E-state index in [9.17, 15) is 19.7 Å². The van der Waals surface area contributed by atoms with E-state index in [0.29, 0.717) is 23.4 Å². The lowest BCUT2D eigenvalue weighted by atomic mass is 10.1. The van der Waals surface area contributed by atoms with Crippen LogP contribution in [-0.4, -0.2) is 23.2 Å². The molecule has 0 saturated carbocycles. The van der Waals surface area contributed by atoms with E-state index in [1.807, 2.05) is 6.92 Å². The standard InChI is InChI=1S/C18H18N2O5/c1-2-4-17(21)13-7-9-16(10-8-13)25-12-18(22)19-14-5-3-6-15(11-14)20(23)24/h3,5-11H,2,4,12H2,1H3,(H,19,22). The number of Topliss-reactive ketones (excluding diaryl/α,β-unsaturated/α-hetero) is 1. The van der Waals surface area contributed by atoms with Gasteiger partial charge in [0, 0.05) is 29.8 Å². The van der Waals surface area contributed by atoms with Crippen LogP contribution in [0.15, 0.2) is 48.5 Å². The van der Waals surface area contributed by atoms with Crippen LogP contribution >= 0.6 is 0 Å². The molecule has 25 heavy (non-hydrogen) atoms. The van der Waals surface area contributed by atoms with Crippen molar-refractivity contribution in [3.8, 4) is 5.75 Å². The van der Waals surface area contributed by atoms with Gasteiger partial charge in [-0.25, -0.2) is 0 Å². The van der Waals surface area contributed by atoms with Gasteiger partial charge in [-0.05, 0) is 36.8 Å². The summed E-state index contributed by atoms with van der Waals surface area (Å²) in [6.07, 6.45) is 1.28. The predicted octanol–water partition coefficient (Wildman–Crippen LogP) is 3.60. The molecule has 0 unspecified atom stereocenters. The molecule has 0 fully saturated rings. The lowest BCUT2D eigenvalue weighted by Crippen LogP contribution is -2.20. The molecular formula is C18H18N2O5. The summed E-state index contributed by atoms with van der Waals surface area (Å²) in [6.45, 7) is 1.69. The highest BCUT2D eigenvalue weighted by Gasteiger charge is 2.09. The van der Waals surface area contributed by atoms with E-state index < -0.39 is 10.8 Å². The van der Waals surface area contributed by atoms with Crippen molar-refractivity contribution in [2.75, 3.05) is 11.9 Å². The third kappa shape index (κ3) is 5.42. The Hall–Kier alpha value is -3.22. The number of non-ortho nitro benzene ring substituents is 1. The molecule has 7 heteroatoms. The highest BCUT2D eigenvalue weighted by molar-refractivity contribution is 5.96. The summed E-state index contributed by atoms with van der Waals surface area (Å²) >= 11 is 0. The Labute approximate surface area is 144 Å². The average molecular weight is 342 g/mol. The SMILES string of the molecule is CCCC(=O)c1ccc(OCC(=O)Nc2cccc([N+](=O)[O-])c2)cc1. The molecule has 0 atom stereocenters. The van der Waals surface area contributed by atoms with Gasteiger partial charge in [0.25, 0.3) is 11.6 Å². The normalized spacial score (nSPS) is 10.1. The molecule has 0 spiro atoms. The number of anilines is 1. The maximum absolute atomic E-state index is 11.9. The van der Waals surface area contributed by atoms with Gasteiger partial charge in [0.2, 0.25) is 0 Å². The van der Waals surface area contributed by atoms with Crippen LogP contribution in [0.1, 0.15) is 30.1 Å². The lowest BCUT2D eigenvalue weighted by molar-refractivity contribution is -0.384. The maximum atomic E-state index is 11.9. The van der Waals surface area contributed by atoms with Crippen LogP contribution in [0.3, 0.4) is 0 Å². The Morgan fingerprint density at radius 1 is 1.16 bits per heavy atom. The van der Waals surface area contributed by atoms with E-state index in [-0.39, 0.29) is 18.1 Å². The number of ketones is 1. The minimum absolute atomic E-state index is 0.0671. The second-order valence-corrected chi connectivity index (χ2v) is 5.34. The number of ether oxygens (including phenoxy) is 1. The van der Waals surface area contributed by atoms with Crippen molar-refractivity contribution in [1.29, 1.82) is 0 Å². The van der Waals surface area contributed by atoms with E-state index in [1.165, 1.54) is 18.2 Å². The minimum atomic E-state index is -0.534. The Kier molecular flexibility index (Phi) is 6.22. The van der Waals surface area contributed by atoms with E-state index in [1.54, 1.807) is 30.3 Å². The fourth-order valence-corrected chi connectivity index (χ4v) is 2.15. The molecule has 1 N–H and O–H groups in total. The number of carbonyl (C=O) groups excluding carboxylic acids is 2. The summed E-state index contributed by atoms with van der Waals surface area (Å²) in [6, 6.07) is 12.2. The molecule has 0 radical (unpaired) electrons. The number of nitro groups is 1. The summed E-state index contributed by atoms with van der Waals surface area (Å²) in [5.41, 5.74) is 0.824. The van der Waals surface area contributed by atoms with E-state index in [0.717, 1.165) is 6.42 Å². The lowest BCUT2D eigenvalue weighted by Gasteiger charge is -2.08. The zero-order chi connectivity index (χ0) is 18.2. The zero-order valence-electron chi connectivity index (χ0n) is 13.7. The number of nitrogens with one attached hydrogen (secondary N) is 1. The van der Waals surface area contributed by atoms with Gasteiger partial charge >= 0.3 is 0 Å². The van der Waals surface area contributed by atoms with E-state index in [4.69, 9.17) is 4.74 Å². The number of hydrogen-bond acceptors (Lipinski definition) is 5. The topological polar surface area (TPSA) is 98.5 Å². The summed E-state index contributed by atoms with van der Waals surface area (Å²) in [5, 5.41) is 13.2. The van der Waals surface area contributed by atoms with Gasteiger partial charge in [-0.1, -0.05) is 13.0 Å². The molecular weight excluding hydrogens is 324 g/mol. The minimum Gasteiger partial charge on any atom is -0.484 e. The van der Waals surface area contributed by atoms with Gasteiger partial charge in [0.15, 0.2) is 12.4 Å². The van der Waals surface area contributed by atoms with Crippen molar-refractivity contribution in [3.05, 3.63) is 64.2 Å². The van der Waals surface area contributed by atoms with Gasteiger partial charge in [-0.15, -0.1) is 0 Å². The molecule has 0 aliphatic carbocycles. The first-order valence-electron chi connectivity index (χ1n) is 7.80. The third-order valence-electron chi connectivity index (χ3n) is 3.36. The monoisotopic (exact) mass is 342 g/mol. The van der Waals surface area contributed by atoms with Crippen LogP contribution in [0.5, 0.6) is 5.75 Å². The third-order valence-corrected chi connectivity index (χ3v) is 3.36. The van der Waals surface area contributed by atoms with Crippen molar-refractivity contribution in [3.63, 3.8) is 0 Å². The summed E-state index contributed by atoms with van der Waals surface area (Å²) in [5.74, 6) is 0.0892. The molecule has 0 bridgehead atoms. The van der Waals surface area contributed by atoms with Gasteiger partial charge in [0.1, 0.15) is 5.75 Å². The number of hydrogen-bond donors (Lipinski definition) is 1. The molecule has 7 nitrogen and oxygen atoms in total. The fourth-order valence-electron chi connectivity index (χ4n) is 2.15. The predicted molar refractivity (Wildman–Crippen MR) is 92.9 cm³/mol. The summed E-state index contributed by atoms with van der Waals surface area (Å²) in [4.78, 5) is 33.8. The number of nitro benzene ring substituents is 1. The molecule has 2 aromatic carbocycles. The molecule has 2 aromatic rings. The number of benzene rings is 2. The van der Waals surface area contributed by atoms with Gasteiger partial charge in [0.05, 0.1) is 4.92 Å². The Bertz CT molecular complexity index is 771. The first kappa shape index (κ1) is 18.1. The number of rotatable bonds is 8. The van der Waals surface area contributed by atoms with Gasteiger partial charge in [-0.2, -0.15) is 0 Å². The molecule has 0 aliphatic heterocycles. The quantitative estimate of drug-likeness (QED) is 0.449. The number of carbonyl (C=O) groups is 2. The van der Waals surface area contributed by atoms with Crippen LogP contribution in [0.2, 0.25) is 0 Å². The molecule has 0 aliphatic rings. The Morgan fingerprint density at radius 3 is 2.52 bits per heavy atom. The van der Waals surface area contributed by atoms with E-state index in [2.05, 4.69) is 5.32 Å². The first-order chi connectivity index (χ1) is 12.0. The van der Waals surface area contributed by atoms with Crippen molar-refractivity contribution >= 4 is 23.1 Å². The summed E-state index contributed by atoms with van der Waals surface area (Å²) in [7, 11) is 0. The van der Waals surface area contributed by atoms with Crippen LogP contribution in [0, 0.1) is 10.1 Å². The Morgan fingerprint density at radius 2 is 1.88 bits per heavy atom. The van der Waals surface area contributed by atoms with Gasteiger partial charge in [-0.3, -0.25) is 19.7 Å². The number of amides is 1. The van der Waals surface area contributed by atoms with Crippen molar-refractivity contribution < 1.29 is 19.2 Å². The molecule has 130 valence electrons. The van der Waals surface area contributed by atoms with Crippen LogP contribution in [-0.2, 0) is 4.79 Å². The molecule has 1 amide bonds. The highest BCUT2D eigenvalue weighted by atomic mass is 16.6. The largest absolute Gasteiger partial charge is 0.484 e. The van der Waals surface area contributed by atoms with Crippen molar-refractivity contribution in [2.45, 2.75) is 19.8 Å². The van der Waals surface area contributed by atoms with E-state index >= 15 is 0 Å². The molecule has 0 aromatic heterocycles. The average Bonchev–Trinajstić information content (AvgIpc) is 2.61. The molecule has 0 heterocycles. The zero-order valence-corrected chi connectivity index (χ0v) is 13.7. The first-order valence-corrected chi connectivity index (χ1v) is 7.80. The van der Waals surface area contributed by atoms with Crippen LogP contribution < -0.4 is 10.1 Å². The van der Waals surface area contributed by atoms with Crippen LogP contribution in [0.25, 0.3) is 0 Å². The smallest absolute Gasteiger partial charge is 0.271 e. The van der Waals surface area contributed by atoms with Gasteiger partial charge < -0.3 is 10.1 Å². The fraction of sp³-hybridized carbons (Fsp3) is 0.222. The Balaban J connectivity index is 1.88. The molecule has 2 rings (SSSR count). The second kappa shape index (κ2) is 8.58. The highest BCUT2D eigenvalue weighted by Crippen LogP contribution is 2.17. The number of nitrogens with zero attached hydrogens (tertiary/aromatic N) is 1. The maximum Gasteiger partial charge on any atom is 0.271 e. The molecule has 0 saturated heterocycles. The second-order valence-electron chi connectivity index (χ2n) is 5.34. The van der Waals surface area contributed by atoms with Crippen molar-refractivity contribution in [1.82, 2.24) is 0 Å². The summed E-state index contributed by atoms with van der Waals surface area (Å²) < 4.78 is 5.36.